The molecule has 4 unspecified atom stereocenters. The topological polar surface area (TPSA) is 215 Å². The number of nitrogens with two attached hydrogens (primary N) is 1. The lowest BCUT2D eigenvalue weighted by Gasteiger charge is -2.24. The molecule has 2 aromatic heterocycles. The van der Waals surface area contributed by atoms with Crippen LogP contribution in [-0.4, -0.2) is 78.8 Å². The maximum absolute atomic E-state index is 13.6. The normalized spacial score (nSPS) is 13.9. The molecule has 0 bridgehead atoms. The number of rotatable bonds is 14. The summed E-state index contributed by atoms with van der Waals surface area (Å²) in [6, 6.07) is 9.11. The van der Waals surface area contributed by atoms with Gasteiger partial charge in [0.05, 0.1) is 12.4 Å². The van der Waals surface area contributed by atoms with Gasteiger partial charge in [0, 0.05) is 47.6 Å². The molecule has 226 valence electrons. The fraction of sp³-hybridized carbons (Fsp3) is 0.276. The zero-order valence-electron chi connectivity index (χ0n) is 23.0. The van der Waals surface area contributed by atoms with Crippen LogP contribution in [0.2, 0.25) is 0 Å². The van der Waals surface area contributed by atoms with Crippen molar-refractivity contribution in [1.82, 2.24) is 30.9 Å². The van der Waals surface area contributed by atoms with Crippen LogP contribution in [0, 0.1) is 0 Å². The van der Waals surface area contributed by atoms with Crippen LogP contribution in [0.25, 0.3) is 10.9 Å². The Kier molecular flexibility index (Phi) is 10.4. The highest BCUT2D eigenvalue weighted by Crippen LogP contribution is 2.19. The summed E-state index contributed by atoms with van der Waals surface area (Å²) in [6.45, 7) is 0. The molecule has 3 amide bonds. The first kappa shape index (κ1) is 31.1. The molecule has 2 aromatic carbocycles. The molecule has 0 saturated heterocycles. The number of aromatic nitrogens is 3. The van der Waals surface area contributed by atoms with Crippen molar-refractivity contribution in [2.24, 2.45) is 5.73 Å². The number of hydrogen-bond acceptors (Lipinski definition) is 8. The SMILES string of the molecule is NC(Cc1ccc(O)cc1)C(=O)NC(Cc1c[nH]c2ccccc12)C(=O)NC(CS)C(=O)NC(Cc1cnc[nH]1)C(=O)O. The molecule has 0 spiro atoms. The molecule has 0 aliphatic rings. The molecule has 0 radical (unpaired) electrons. The first-order chi connectivity index (χ1) is 20.6. The Balaban J connectivity index is 1.49. The van der Waals surface area contributed by atoms with Gasteiger partial charge < -0.3 is 41.9 Å². The van der Waals surface area contributed by atoms with E-state index in [4.69, 9.17) is 5.73 Å². The van der Waals surface area contributed by atoms with Gasteiger partial charge in [-0.25, -0.2) is 9.78 Å². The summed E-state index contributed by atoms with van der Waals surface area (Å²) in [4.78, 5) is 61.3. The quantitative estimate of drug-likeness (QED) is 0.0914. The summed E-state index contributed by atoms with van der Waals surface area (Å²) in [5.41, 5.74) is 8.98. The van der Waals surface area contributed by atoms with Crippen molar-refractivity contribution in [3.05, 3.63) is 84.1 Å². The number of nitrogens with one attached hydrogen (secondary N) is 5. The summed E-state index contributed by atoms with van der Waals surface area (Å²) in [6.07, 6.45) is 4.76. The number of aromatic hydroxyl groups is 1. The number of carboxylic acid groups (broad SMARTS) is 1. The number of hydrogen-bond donors (Lipinski definition) is 9. The largest absolute Gasteiger partial charge is 0.508 e. The maximum Gasteiger partial charge on any atom is 0.326 e. The molecule has 0 aliphatic heterocycles. The number of aliphatic carboxylic acids is 1. The molecule has 13 nitrogen and oxygen atoms in total. The first-order valence-corrected chi connectivity index (χ1v) is 14.1. The highest BCUT2D eigenvalue weighted by molar-refractivity contribution is 7.80. The number of thiol groups is 1. The zero-order chi connectivity index (χ0) is 30.9. The van der Waals surface area contributed by atoms with Crippen LogP contribution in [0.15, 0.2) is 67.3 Å². The Morgan fingerprint density at radius 3 is 2.21 bits per heavy atom. The van der Waals surface area contributed by atoms with E-state index >= 15 is 0 Å². The van der Waals surface area contributed by atoms with Crippen molar-refractivity contribution in [2.45, 2.75) is 43.4 Å². The second kappa shape index (κ2) is 14.4. The lowest BCUT2D eigenvalue weighted by Crippen LogP contribution is -2.58. The van der Waals surface area contributed by atoms with Crippen LogP contribution >= 0.6 is 12.6 Å². The van der Waals surface area contributed by atoms with E-state index in [0.717, 1.165) is 16.5 Å². The summed E-state index contributed by atoms with van der Waals surface area (Å²) < 4.78 is 0. The monoisotopic (exact) mass is 607 g/mol. The van der Waals surface area contributed by atoms with Gasteiger partial charge in [-0.2, -0.15) is 12.6 Å². The average Bonchev–Trinajstić information content (AvgIpc) is 3.66. The van der Waals surface area contributed by atoms with Gasteiger partial charge in [-0.3, -0.25) is 14.4 Å². The highest BCUT2D eigenvalue weighted by atomic mass is 32.1. The van der Waals surface area contributed by atoms with Crippen LogP contribution < -0.4 is 21.7 Å². The number of H-pyrrole nitrogens is 2. The highest BCUT2D eigenvalue weighted by Gasteiger charge is 2.30. The number of fused-ring (bicyclic) bond motifs is 1. The van der Waals surface area contributed by atoms with Gasteiger partial charge in [-0.05, 0) is 35.7 Å². The minimum absolute atomic E-state index is 0.0491. The molecule has 14 heteroatoms. The predicted molar refractivity (Wildman–Crippen MR) is 161 cm³/mol. The zero-order valence-corrected chi connectivity index (χ0v) is 23.9. The summed E-state index contributed by atoms with van der Waals surface area (Å²) in [5.74, 6) is -3.34. The van der Waals surface area contributed by atoms with E-state index in [0.29, 0.717) is 11.3 Å². The van der Waals surface area contributed by atoms with Crippen molar-refractivity contribution >= 4 is 47.2 Å². The standard InChI is InChI=1S/C29H33N7O6S/c30-21(9-16-5-7-19(37)8-6-16)26(38)34-23(10-17-12-32-22-4-2-1-3-20(17)22)27(39)36-25(14-43)28(40)35-24(29(41)42)11-18-13-31-15-33-18/h1-8,12-13,15,21,23-25,32,37,43H,9-11,14,30H2,(H,31,33)(H,34,38)(H,35,40)(H,36,39)(H,41,42). The molecule has 0 saturated carbocycles. The molecular formula is C29H33N7O6S. The van der Waals surface area contributed by atoms with Gasteiger partial charge >= 0.3 is 5.97 Å². The van der Waals surface area contributed by atoms with Gasteiger partial charge in [-0.15, -0.1) is 0 Å². The minimum Gasteiger partial charge on any atom is -0.508 e. The van der Waals surface area contributed by atoms with Crippen molar-refractivity contribution in [3.8, 4) is 5.75 Å². The number of benzene rings is 2. The Hall–Kier alpha value is -4.82. The van der Waals surface area contributed by atoms with Crippen LogP contribution in [0.5, 0.6) is 5.75 Å². The number of phenolic OH excluding ortho intramolecular Hbond substituents is 1. The number of carboxylic acids is 1. The molecule has 0 fully saturated rings. The minimum atomic E-state index is -1.29. The molecule has 9 N–H and O–H groups in total. The summed E-state index contributed by atoms with van der Waals surface area (Å²) in [5, 5.41) is 27.7. The molecular weight excluding hydrogens is 574 g/mol. The molecule has 0 aliphatic carbocycles. The Morgan fingerprint density at radius 2 is 1.53 bits per heavy atom. The van der Waals surface area contributed by atoms with E-state index in [1.54, 1.807) is 18.3 Å². The average molecular weight is 608 g/mol. The fourth-order valence-corrected chi connectivity index (χ4v) is 4.80. The number of carbonyl (C=O) groups excluding carboxylic acids is 3. The number of nitrogens with zero attached hydrogens (tertiary/aromatic N) is 1. The number of para-hydroxylation sites is 1. The molecule has 4 aromatic rings. The van der Waals surface area contributed by atoms with Gasteiger partial charge in [0.15, 0.2) is 0 Å². The first-order valence-electron chi connectivity index (χ1n) is 13.4. The van der Waals surface area contributed by atoms with Crippen LogP contribution in [0.4, 0.5) is 0 Å². The van der Waals surface area contributed by atoms with E-state index in [-0.39, 0.29) is 30.8 Å². The molecule has 4 atom stereocenters. The van der Waals surface area contributed by atoms with Gasteiger partial charge in [0.1, 0.15) is 23.9 Å². The molecule has 43 heavy (non-hydrogen) atoms. The third kappa shape index (κ3) is 8.36. The summed E-state index contributed by atoms with van der Waals surface area (Å²) in [7, 11) is 0. The number of phenols is 1. The van der Waals surface area contributed by atoms with Crippen molar-refractivity contribution in [3.63, 3.8) is 0 Å². The van der Waals surface area contributed by atoms with E-state index in [2.05, 4.69) is 43.5 Å². The van der Waals surface area contributed by atoms with Crippen molar-refractivity contribution in [1.29, 1.82) is 0 Å². The second-order valence-electron chi connectivity index (χ2n) is 10.0. The maximum atomic E-state index is 13.6. The van der Waals surface area contributed by atoms with Crippen molar-refractivity contribution < 1.29 is 29.4 Å². The lowest BCUT2D eigenvalue weighted by molar-refractivity contribution is -0.142. The lowest BCUT2D eigenvalue weighted by atomic mass is 10.0. The third-order valence-electron chi connectivity index (χ3n) is 6.87. The van der Waals surface area contributed by atoms with Gasteiger partial charge in [0.2, 0.25) is 17.7 Å². The second-order valence-corrected chi connectivity index (χ2v) is 10.4. The summed E-state index contributed by atoms with van der Waals surface area (Å²) >= 11 is 4.19. The van der Waals surface area contributed by atoms with E-state index < -0.39 is 47.9 Å². The fourth-order valence-electron chi connectivity index (χ4n) is 4.54. The molecule has 4 rings (SSSR count). The predicted octanol–water partition coefficient (Wildman–Crippen LogP) is 0.421. The van der Waals surface area contributed by atoms with Crippen LogP contribution in [0.1, 0.15) is 16.8 Å². The number of amides is 3. The van der Waals surface area contributed by atoms with E-state index in [1.165, 1.54) is 24.7 Å². The Morgan fingerprint density at radius 1 is 0.860 bits per heavy atom. The van der Waals surface area contributed by atoms with Crippen molar-refractivity contribution in [2.75, 3.05) is 5.75 Å². The van der Waals surface area contributed by atoms with E-state index in [9.17, 15) is 29.4 Å². The van der Waals surface area contributed by atoms with Gasteiger partial charge in [-0.1, -0.05) is 30.3 Å². The van der Waals surface area contributed by atoms with Gasteiger partial charge in [0.25, 0.3) is 0 Å². The number of carbonyl (C=O) groups is 4. The smallest absolute Gasteiger partial charge is 0.326 e. The third-order valence-corrected chi connectivity index (χ3v) is 7.23. The Bertz CT molecular complexity index is 1560. The Labute approximate surface area is 252 Å². The van der Waals surface area contributed by atoms with E-state index in [1.807, 2.05) is 24.3 Å². The van der Waals surface area contributed by atoms with Crippen LogP contribution in [0.3, 0.4) is 0 Å². The van der Waals surface area contributed by atoms with Crippen LogP contribution in [-0.2, 0) is 38.4 Å². The number of imidazole rings is 1. The number of aromatic amines is 2. The molecule has 2 heterocycles.